The third-order valence-electron chi connectivity index (χ3n) is 3.97. The summed E-state index contributed by atoms with van der Waals surface area (Å²) in [6.07, 6.45) is 1.41. The molecule has 0 aliphatic rings. The van der Waals surface area contributed by atoms with E-state index >= 15 is 0 Å². The van der Waals surface area contributed by atoms with Crippen molar-refractivity contribution in [2.24, 2.45) is 0 Å². The van der Waals surface area contributed by atoms with Gasteiger partial charge in [-0.2, -0.15) is 11.8 Å². The normalized spacial score (nSPS) is 12.4. The van der Waals surface area contributed by atoms with Gasteiger partial charge in [0.25, 0.3) is 0 Å². The quantitative estimate of drug-likeness (QED) is 0.202. The highest BCUT2D eigenvalue weighted by molar-refractivity contribution is 7.99. The summed E-state index contributed by atoms with van der Waals surface area (Å²) in [6, 6.07) is 0.790. The molecule has 0 heterocycles. The molecule has 0 fully saturated rings. The number of hydrogen-bond donors (Lipinski definition) is 0. The van der Waals surface area contributed by atoms with Gasteiger partial charge in [0, 0.05) is 33.1 Å². The maximum Gasteiger partial charge on any atom is 0.500 e. The molecule has 6 nitrogen and oxygen atoms in total. The molecule has 0 radical (unpaired) electrons. The number of esters is 1. The highest BCUT2D eigenvalue weighted by atomic mass is 32.2. The summed E-state index contributed by atoms with van der Waals surface area (Å²) in [7, 11) is 6.70. The Morgan fingerprint density at radius 2 is 1.70 bits per heavy atom. The van der Waals surface area contributed by atoms with Crippen LogP contribution in [0.25, 0.3) is 0 Å². The van der Waals surface area contributed by atoms with Crippen molar-refractivity contribution in [3.8, 4) is 0 Å². The van der Waals surface area contributed by atoms with Gasteiger partial charge in [0.05, 0.1) is 27.1 Å². The Morgan fingerprint density at radius 3 is 2.22 bits per heavy atom. The molecular weight excluding hydrogens is 334 g/mol. The Kier molecular flexibility index (Phi) is 12.2. The van der Waals surface area contributed by atoms with Crippen molar-refractivity contribution in [2.75, 3.05) is 66.6 Å². The number of likely N-dealkylation sites (N-methyl/N-ethyl adjacent to an activating group) is 1. The van der Waals surface area contributed by atoms with Gasteiger partial charge in [0.2, 0.25) is 0 Å². The summed E-state index contributed by atoms with van der Waals surface area (Å²) in [5.41, 5.74) is 0. The Balaban J connectivity index is 3.67. The van der Waals surface area contributed by atoms with Crippen LogP contribution in [0.2, 0.25) is 6.04 Å². The molecule has 0 unspecified atom stereocenters. The molecule has 0 aliphatic heterocycles. The van der Waals surface area contributed by atoms with E-state index in [1.807, 2.05) is 0 Å². The van der Waals surface area contributed by atoms with Crippen LogP contribution in [0.5, 0.6) is 0 Å². The average Bonchev–Trinajstić information content (AvgIpc) is 2.55. The number of carbonyl (C=O) groups excluding carboxylic acids is 1. The van der Waals surface area contributed by atoms with E-state index in [0.717, 1.165) is 41.5 Å². The third-order valence-corrected chi connectivity index (χ3v) is 7.87. The summed E-state index contributed by atoms with van der Waals surface area (Å²) in [5, 5.41) is 0. The minimum atomic E-state index is -2.45. The molecule has 0 aromatic heterocycles. The highest BCUT2D eigenvalue weighted by Crippen LogP contribution is 2.17. The zero-order valence-electron chi connectivity index (χ0n) is 15.6. The molecule has 23 heavy (non-hydrogen) atoms. The number of rotatable bonds is 14. The van der Waals surface area contributed by atoms with Gasteiger partial charge in [-0.3, -0.25) is 4.79 Å². The van der Waals surface area contributed by atoms with Crippen molar-refractivity contribution >= 4 is 26.5 Å². The van der Waals surface area contributed by atoms with Gasteiger partial charge in [-0.15, -0.1) is 0 Å². The highest BCUT2D eigenvalue weighted by Gasteiger charge is 2.36. The number of thioether (sulfide) groups is 1. The van der Waals surface area contributed by atoms with Gasteiger partial charge < -0.3 is 22.5 Å². The molecule has 0 saturated carbocycles. The van der Waals surface area contributed by atoms with Gasteiger partial charge in [-0.25, -0.2) is 0 Å². The Bertz CT molecular complexity index is 319. The fourth-order valence-electron chi connectivity index (χ4n) is 1.84. The molecule has 0 aromatic carbocycles. The molecule has 0 N–H and O–H groups in total. The van der Waals surface area contributed by atoms with Crippen LogP contribution in [-0.4, -0.2) is 85.9 Å². The van der Waals surface area contributed by atoms with Crippen LogP contribution in [-0.2, 0) is 22.8 Å². The van der Waals surface area contributed by atoms with E-state index in [1.165, 1.54) is 0 Å². The molecule has 0 amide bonds. The van der Waals surface area contributed by atoms with Gasteiger partial charge in [-0.05, 0) is 19.1 Å². The van der Waals surface area contributed by atoms with Gasteiger partial charge >= 0.3 is 14.8 Å². The van der Waals surface area contributed by atoms with Crippen LogP contribution < -0.4 is 0 Å². The third kappa shape index (κ3) is 10.4. The molecule has 0 aliphatic carbocycles. The molecule has 0 aromatic rings. The predicted molar refractivity (Wildman–Crippen MR) is 96.6 cm³/mol. The van der Waals surface area contributed by atoms with Crippen LogP contribution >= 0.6 is 11.8 Å². The van der Waals surface area contributed by atoms with E-state index in [-0.39, 0.29) is 5.97 Å². The molecular formula is C15H34NO5SSi+. The van der Waals surface area contributed by atoms with E-state index < -0.39 is 8.80 Å². The second-order valence-corrected chi connectivity index (χ2v) is 10.3. The van der Waals surface area contributed by atoms with Gasteiger partial charge in [0.15, 0.2) is 0 Å². The second kappa shape index (κ2) is 12.3. The molecule has 8 heteroatoms. The monoisotopic (exact) mass is 368 g/mol. The van der Waals surface area contributed by atoms with Gasteiger partial charge in [0.1, 0.15) is 13.2 Å². The average molecular weight is 369 g/mol. The SMILES string of the molecule is CC[N+](C)(C)CCOC(=O)CCSCCC[Si](OC)(OC)OC. The zero-order valence-corrected chi connectivity index (χ0v) is 17.4. The van der Waals surface area contributed by atoms with Gasteiger partial charge in [-0.1, -0.05) is 0 Å². The summed E-state index contributed by atoms with van der Waals surface area (Å²) in [4.78, 5) is 11.7. The zero-order chi connectivity index (χ0) is 17.8. The fourth-order valence-corrected chi connectivity index (χ4v) is 4.68. The van der Waals surface area contributed by atoms with E-state index in [1.54, 1.807) is 33.1 Å². The van der Waals surface area contributed by atoms with Crippen molar-refractivity contribution in [2.45, 2.75) is 25.8 Å². The van der Waals surface area contributed by atoms with E-state index in [2.05, 4.69) is 21.0 Å². The maximum absolute atomic E-state index is 11.7. The molecule has 0 rings (SSSR count). The topological polar surface area (TPSA) is 54.0 Å². The number of quaternary nitrogens is 1. The van der Waals surface area contributed by atoms with Crippen molar-refractivity contribution in [3.05, 3.63) is 0 Å². The van der Waals surface area contributed by atoms with Crippen LogP contribution in [0, 0.1) is 0 Å². The lowest BCUT2D eigenvalue weighted by atomic mass is 10.4. The fraction of sp³-hybridized carbons (Fsp3) is 0.933. The Morgan fingerprint density at radius 1 is 1.09 bits per heavy atom. The first-order valence-corrected chi connectivity index (χ1v) is 11.1. The van der Waals surface area contributed by atoms with Crippen molar-refractivity contribution < 1.29 is 27.3 Å². The largest absolute Gasteiger partial charge is 0.500 e. The van der Waals surface area contributed by atoms with Crippen LogP contribution in [0.3, 0.4) is 0 Å². The van der Waals surface area contributed by atoms with Crippen LogP contribution in [0.15, 0.2) is 0 Å². The van der Waals surface area contributed by atoms with Crippen molar-refractivity contribution in [3.63, 3.8) is 0 Å². The van der Waals surface area contributed by atoms with Crippen molar-refractivity contribution in [1.82, 2.24) is 0 Å². The first kappa shape index (κ1) is 22.9. The van der Waals surface area contributed by atoms with Crippen LogP contribution in [0.1, 0.15) is 19.8 Å². The lowest BCUT2D eigenvalue weighted by Crippen LogP contribution is -2.42. The Hall–Kier alpha value is -0.123. The molecule has 138 valence electrons. The summed E-state index contributed by atoms with van der Waals surface area (Å²) < 4.78 is 22.3. The lowest BCUT2D eigenvalue weighted by molar-refractivity contribution is -0.888. The standard InChI is InChI=1S/C15H34NO5SSi/c1-7-16(2,3)10-11-21-15(17)9-13-22-12-8-14-23(18-4,19-5)20-6/h7-14H2,1-6H3/q+1. The number of ether oxygens (including phenoxy) is 1. The number of nitrogens with zero attached hydrogens (tertiary/aromatic N) is 1. The summed E-state index contributed by atoms with van der Waals surface area (Å²) >= 11 is 1.75. The lowest BCUT2D eigenvalue weighted by Gasteiger charge is -2.27. The predicted octanol–water partition coefficient (Wildman–Crippen LogP) is 2.02. The number of hydrogen-bond acceptors (Lipinski definition) is 6. The molecule has 0 bridgehead atoms. The minimum Gasteiger partial charge on any atom is -0.460 e. The minimum absolute atomic E-state index is 0.108. The maximum atomic E-state index is 11.7. The van der Waals surface area contributed by atoms with Crippen LogP contribution in [0.4, 0.5) is 0 Å². The van der Waals surface area contributed by atoms with E-state index in [4.69, 9.17) is 18.0 Å². The molecule has 0 saturated heterocycles. The first-order chi connectivity index (χ1) is 10.8. The second-order valence-electron chi connectivity index (χ2n) is 5.96. The smallest absolute Gasteiger partial charge is 0.460 e. The molecule has 0 atom stereocenters. The molecule has 0 spiro atoms. The van der Waals surface area contributed by atoms with E-state index in [0.29, 0.717) is 13.0 Å². The van der Waals surface area contributed by atoms with E-state index in [9.17, 15) is 4.79 Å². The van der Waals surface area contributed by atoms with Crippen molar-refractivity contribution in [1.29, 1.82) is 0 Å². The first-order valence-electron chi connectivity index (χ1n) is 8.05. The number of carbonyl (C=O) groups is 1. The Labute approximate surface area is 146 Å². The summed E-state index contributed by atoms with van der Waals surface area (Å²) in [5.74, 6) is 1.63. The summed E-state index contributed by atoms with van der Waals surface area (Å²) in [6.45, 7) is 4.51.